The minimum absolute atomic E-state index is 0.632. The van der Waals surface area contributed by atoms with Gasteiger partial charge >= 0.3 is 0 Å². The fourth-order valence-electron chi connectivity index (χ4n) is 5.09. The highest BCUT2D eigenvalue weighted by Crippen LogP contribution is 2.17. The lowest BCUT2D eigenvalue weighted by molar-refractivity contribution is 0.116. The smallest absolute Gasteiger partial charge is 0.0886 e. The van der Waals surface area contributed by atoms with Crippen LogP contribution in [0.25, 0.3) is 11.4 Å². The van der Waals surface area contributed by atoms with Gasteiger partial charge < -0.3 is 9.47 Å². The van der Waals surface area contributed by atoms with Crippen LogP contribution in [0.15, 0.2) is 36.7 Å². The molecule has 0 radical (unpaired) electrons. The normalized spacial score (nSPS) is 11.3. The van der Waals surface area contributed by atoms with Crippen molar-refractivity contribution < 1.29 is 9.47 Å². The summed E-state index contributed by atoms with van der Waals surface area (Å²) in [6, 6.07) is 8.30. The fourth-order valence-corrected chi connectivity index (χ4v) is 5.09. The number of hydrogen-bond acceptors (Lipinski definition) is 4. The van der Waals surface area contributed by atoms with Crippen molar-refractivity contribution >= 4 is 0 Å². The maximum Gasteiger partial charge on any atom is 0.0886 e. The highest BCUT2D eigenvalue weighted by Gasteiger charge is 2.03. The van der Waals surface area contributed by atoms with E-state index in [1.54, 1.807) is 0 Å². The summed E-state index contributed by atoms with van der Waals surface area (Å²) in [5.74, 6) is 0. The largest absolute Gasteiger partial charge is 0.377 e. The number of aromatic nitrogens is 2. The van der Waals surface area contributed by atoms with E-state index in [-0.39, 0.29) is 0 Å². The molecule has 226 valence electrons. The molecule has 4 nitrogen and oxygen atoms in total. The molecule has 0 aromatic carbocycles. The van der Waals surface area contributed by atoms with Crippen LogP contribution in [0, 0.1) is 0 Å². The van der Waals surface area contributed by atoms with Gasteiger partial charge in [-0.1, -0.05) is 142 Å². The van der Waals surface area contributed by atoms with E-state index < -0.39 is 0 Å². The molecule has 0 N–H and O–H groups in total. The summed E-state index contributed by atoms with van der Waals surface area (Å²) in [4.78, 5) is 9.23. The van der Waals surface area contributed by atoms with Crippen molar-refractivity contribution in [2.75, 3.05) is 13.2 Å². The third kappa shape index (κ3) is 17.8. The van der Waals surface area contributed by atoms with Gasteiger partial charge in [0.2, 0.25) is 0 Å². The van der Waals surface area contributed by atoms with E-state index in [2.05, 4.69) is 35.9 Å². The topological polar surface area (TPSA) is 44.2 Å². The molecule has 2 aromatic rings. The Morgan fingerprint density at radius 2 is 0.750 bits per heavy atom. The predicted octanol–water partition coefficient (Wildman–Crippen LogP) is 11.0. The van der Waals surface area contributed by atoms with Crippen molar-refractivity contribution in [1.82, 2.24) is 9.97 Å². The summed E-state index contributed by atoms with van der Waals surface area (Å²) in [5, 5.41) is 0. The average molecular weight is 553 g/mol. The van der Waals surface area contributed by atoms with Crippen LogP contribution in [0.4, 0.5) is 0 Å². The van der Waals surface area contributed by atoms with Crippen LogP contribution in [-0.4, -0.2) is 23.2 Å². The van der Waals surface area contributed by atoms with Gasteiger partial charge in [-0.25, -0.2) is 0 Å². The number of rotatable bonds is 27. The summed E-state index contributed by atoms with van der Waals surface area (Å²) in [6.45, 7) is 7.49. The van der Waals surface area contributed by atoms with Crippen molar-refractivity contribution in [3.63, 3.8) is 0 Å². The van der Waals surface area contributed by atoms with Crippen LogP contribution in [0.5, 0.6) is 0 Å². The maximum absolute atomic E-state index is 5.88. The first-order valence-electron chi connectivity index (χ1n) is 16.9. The summed E-state index contributed by atoms with van der Waals surface area (Å²) < 4.78 is 11.8. The second kappa shape index (κ2) is 25.0. The quantitative estimate of drug-likeness (QED) is 0.103. The van der Waals surface area contributed by atoms with Crippen LogP contribution in [0.3, 0.4) is 0 Å². The Balaban J connectivity index is 1.47. The molecule has 0 aliphatic heterocycles. The second-order valence-electron chi connectivity index (χ2n) is 11.6. The molecule has 0 aliphatic rings. The number of hydrogen-bond donors (Lipinski definition) is 0. The summed E-state index contributed by atoms with van der Waals surface area (Å²) >= 11 is 0. The van der Waals surface area contributed by atoms with E-state index >= 15 is 0 Å². The van der Waals surface area contributed by atoms with Gasteiger partial charge in [-0.3, -0.25) is 9.97 Å². The molecular weight excluding hydrogens is 492 g/mol. The second-order valence-corrected chi connectivity index (χ2v) is 11.6. The molecule has 0 amide bonds. The van der Waals surface area contributed by atoms with Crippen molar-refractivity contribution in [1.29, 1.82) is 0 Å². The molecule has 2 rings (SSSR count). The molecule has 0 saturated carbocycles. The zero-order chi connectivity index (χ0) is 28.4. The fraction of sp³-hybridized carbons (Fsp3) is 0.722. The van der Waals surface area contributed by atoms with E-state index in [9.17, 15) is 0 Å². The van der Waals surface area contributed by atoms with Gasteiger partial charge in [-0.15, -0.1) is 0 Å². The van der Waals surface area contributed by atoms with Crippen LogP contribution < -0.4 is 0 Å². The van der Waals surface area contributed by atoms with Gasteiger partial charge in [0.25, 0.3) is 0 Å². The lowest BCUT2D eigenvalue weighted by atomic mass is 10.1. The third-order valence-corrected chi connectivity index (χ3v) is 7.73. The van der Waals surface area contributed by atoms with Crippen molar-refractivity contribution in [2.45, 2.75) is 155 Å². The van der Waals surface area contributed by atoms with Gasteiger partial charge in [0.05, 0.1) is 24.6 Å². The number of pyridine rings is 2. The van der Waals surface area contributed by atoms with Crippen LogP contribution in [0.1, 0.15) is 153 Å². The molecule has 0 saturated heterocycles. The Morgan fingerprint density at radius 3 is 1.05 bits per heavy atom. The van der Waals surface area contributed by atoms with Crippen LogP contribution in [-0.2, 0) is 22.7 Å². The van der Waals surface area contributed by atoms with E-state index in [0.717, 1.165) is 48.6 Å². The summed E-state index contributed by atoms with van der Waals surface area (Å²) in [7, 11) is 0. The highest BCUT2D eigenvalue weighted by atomic mass is 16.5. The van der Waals surface area contributed by atoms with E-state index in [0.29, 0.717) is 13.2 Å². The number of nitrogens with zero attached hydrogens (tertiary/aromatic N) is 2. The molecule has 0 atom stereocenters. The average Bonchev–Trinajstić information content (AvgIpc) is 2.99. The zero-order valence-corrected chi connectivity index (χ0v) is 26.1. The SMILES string of the molecule is CCCCCCCCCCCCOCc1ccc(-c2ccc(COCCCCCCCCCCCC)cn2)nc1. The molecule has 0 spiro atoms. The van der Waals surface area contributed by atoms with Gasteiger partial charge in [0, 0.05) is 25.6 Å². The molecule has 0 fully saturated rings. The van der Waals surface area contributed by atoms with Gasteiger partial charge in [0.1, 0.15) is 0 Å². The van der Waals surface area contributed by atoms with Gasteiger partial charge in [-0.2, -0.15) is 0 Å². The number of ether oxygens (including phenoxy) is 2. The van der Waals surface area contributed by atoms with Crippen molar-refractivity contribution in [3.05, 3.63) is 47.8 Å². The predicted molar refractivity (Wildman–Crippen MR) is 170 cm³/mol. The minimum Gasteiger partial charge on any atom is -0.377 e. The summed E-state index contributed by atoms with van der Waals surface area (Å²) in [6.07, 6.45) is 30.9. The molecule has 4 heteroatoms. The standard InChI is InChI=1S/C36H60N2O2/c1-3-5-7-9-11-13-15-17-19-21-27-39-31-33-23-25-35(37-29-33)36-26-24-34(30-38-36)32-40-28-22-20-18-16-14-12-10-8-6-4-2/h23-26,29-30H,3-22,27-28,31-32H2,1-2H3. The zero-order valence-electron chi connectivity index (χ0n) is 26.1. The maximum atomic E-state index is 5.88. The van der Waals surface area contributed by atoms with E-state index in [1.807, 2.05) is 24.5 Å². The van der Waals surface area contributed by atoms with E-state index in [4.69, 9.17) is 9.47 Å². The molecular formula is C36H60N2O2. The first kappa shape index (κ1) is 34.4. The highest BCUT2D eigenvalue weighted by molar-refractivity contribution is 5.53. The molecule has 0 bridgehead atoms. The first-order chi connectivity index (χ1) is 19.8. The molecule has 0 unspecified atom stereocenters. The molecule has 2 aromatic heterocycles. The van der Waals surface area contributed by atoms with Crippen molar-refractivity contribution in [2.24, 2.45) is 0 Å². The van der Waals surface area contributed by atoms with Crippen LogP contribution >= 0.6 is 0 Å². The van der Waals surface area contributed by atoms with E-state index in [1.165, 1.54) is 116 Å². The monoisotopic (exact) mass is 552 g/mol. The molecule has 0 aliphatic carbocycles. The van der Waals surface area contributed by atoms with Gasteiger partial charge in [0.15, 0.2) is 0 Å². The minimum atomic E-state index is 0.632. The Morgan fingerprint density at radius 1 is 0.425 bits per heavy atom. The third-order valence-electron chi connectivity index (χ3n) is 7.73. The lowest BCUT2D eigenvalue weighted by Crippen LogP contribution is -1.98. The van der Waals surface area contributed by atoms with Gasteiger partial charge in [-0.05, 0) is 36.1 Å². The lowest BCUT2D eigenvalue weighted by Gasteiger charge is -2.07. The molecule has 2 heterocycles. The summed E-state index contributed by atoms with van der Waals surface area (Å²) in [5.41, 5.74) is 4.04. The Hall–Kier alpha value is -1.78. The Kier molecular flexibility index (Phi) is 21.5. The number of unbranched alkanes of at least 4 members (excludes halogenated alkanes) is 18. The Labute approximate surface area is 247 Å². The Bertz CT molecular complexity index is 737. The van der Waals surface area contributed by atoms with Crippen LogP contribution in [0.2, 0.25) is 0 Å². The molecule has 40 heavy (non-hydrogen) atoms. The first-order valence-corrected chi connectivity index (χ1v) is 16.9. The van der Waals surface area contributed by atoms with Crippen molar-refractivity contribution in [3.8, 4) is 11.4 Å².